The fraction of sp³-hybridized carbons (Fsp3) is 0.613. The Labute approximate surface area is 252 Å². The van der Waals surface area contributed by atoms with Crippen molar-refractivity contribution in [3.8, 4) is 5.75 Å². The summed E-state index contributed by atoms with van der Waals surface area (Å²) in [5.41, 5.74) is -1.92. The standard InChI is InChI=1S/C31H45N3O9/c1-5-6-7-8-9-10-11-12-13-14-15-16-17-18-22-23(33(39)40)19-24(34(41)42)29(43-4)27(22)28-25(30(35)36)20(2)32-21(3)26(28)31(37)38/h19,28,32H,5-18H2,1-4H3,(H,35,36)(H,37,38). The highest BCUT2D eigenvalue weighted by Gasteiger charge is 2.43. The number of methoxy groups -OCH3 is 1. The molecule has 0 fully saturated rings. The van der Waals surface area contributed by atoms with Gasteiger partial charge in [0.1, 0.15) is 0 Å². The van der Waals surface area contributed by atoms with Crippen LogP contribution >= 0.6 is 0 Å². The number of carboxylic acid groups (broad SMARTS) is 2. The molecular weight excluding hydrogens is 558 g/mol. The monoisotopic (exact) mass is 603 g/mol. The number of hydrogen-bond donors (Lipinski definition) is 3. The fourth-order valence-corrected chi connectivity index (χ4v) is 5.95. The molecule has 43 heavy (non-hydrogen) atoms. The molecule has 1 aliphatic heterocycles. The van der Waals surface area contributed by atoms with Crippen LogP contribution in [0.1, 0.15) is 121 Å². The summed E-state index contributed by atoms with van der Waals surface area (Å²) in [4.78, 5) is 47.5. The maximum atomic E-state index is 12.4. The number of carbonyl (C=O) groups is 2. The van der Waals surface area contributed by atoms with Crippen molar-refractivity contribution in [1.29, 1.82) is 0 Å². The van der Waals surface area contributed by atoms with Crippen LogP contribution in [0.3, 0.4) is 0 Å². The van der Waals surface area contributed by atoms with Crippen molar-refractivity contribution in [2.75, 3.05) is 7.11 Å². The first kappa shape index (κ1) is 35.2. The minimum atomic E-state index is -1.54. The summed E-state index contributed by atoms with van der Waals surface area (Å²) in [5, 5.41) is 47.2. The van der Waals surface area contributed by atoms with Gasteiger partial charge in [-0.05, 0) is 26.7 Å². The Morgan fingerprint density at radius 1 is 0.791 bits per heavy atom. The molecule has 3 N–H and O–H groups in total. The normalized spacial score (nSPS) is 13.7. The van der Waals surface area contributed by atoms with Crippen molar-refractivity contribution in [3.63, 3.8) is 0 Å². The van der Waals surface area contributed by atoms with E-state index in [1.54, 1.807) is 0 Å². The van der Waals surface area contributed by atoms with Gasteiger partial charge >= 0.3 is 17.6 Å². The minimum Gasteiger partial charge on any atom is -0.490 e. The van der Waals surface area contributed by atoms with Crippen molar-refractivity contribution >= 4 is 23.3 Å². The predicted molar refractivity (Wildman–Crippen MR) is 162 cm³/mol. The van der Waals surface area contributed by atoms with Crippen LogP contribution in [0.5, 0.6) is 5.75 Å². The van der Waals surface area contributed by atoms with Crippen LogP contribution in [0.4, 0.5) is 11.4 Å². The lowest BCUT2D eigenvalue weighted by molar-refractivity contribution is -0.395. The number of dihydropyridines is 1. The molecule has 0 unspecified atom stereocenters. The third kappa shape index (κ3) is 9.26. The van der Waals surface area contributed by atoms with Gasteiger partial charge in [0.15, 0.2) is 0 Å². The average molecular weight is 604 g/mol. The second-order valence-electron chi connectivity index (χ2n) is 11.1. The number of nitro benzene ring substituents is 2. The Morgan fingerprint density at radius 2 is 1.21 bits per heavy atom. The topological polar surface area (TPSA) is 182 Å². The zero-order chi connectivity index (χ0) is 32.1. The third-order valence-electron chi connectivity index (χ3n) is 8.02. The lowest BCUT2D eigenvalue weighted by Gasteiger charge is -2.30. The molecule has 1 aliphatic rings. The quantitative estimate of drug-likeness (QED) is 0.0764. The number of rotatable bonds is 20. The van der Waals surface area contributed by atoms with Gasteiger partial charge in [-0.2, -0.15) is 0 Å². The largest absolute Gasteiger partial charge is 0.490 e. The Bertz CT molecular complexity index is 1220. The number of nitrogens with zero attached hydrogens (tertiary/aromatic N) is 2. The number of carboxylic acids is 2. The molecule has 1 aromatic rings. The van der Waals surface area contributed by atoms with E-state index in [1.807, 2.05) is 0 Å². The molecule has 0 saturated heterocycles. The van der Waals surface area contributed by atoms with Gasteiger partial charge in [-0.3, -0.25) is 20.2 Å². The smallest absolute Gasteiger partial charge is 0.334 e. The van der Waals surface area contributed by atoms with E-state index in [4.69, 9.17) is 4.74 Å². The molecule has 12 heteroatoms. The Balaban J connectivity index is 2.37. The van der Waals surface area contributed by atoms with Gasteiger partial charge in [-0.1, -0.05) is 84.0 Å². The summed E-state index contributed by atoms with van der Waals surface area (Å²) in [5.74, 6) is -4.83. The molecule has 0 radical (unpaired) electrons. The molecule has 0 atom stereocenters. The van der Waals surface area contributed by atoms with Gasteiger partial charge in [-0.15, -0.1) is 0 Å². The summed E-state index contributed by atoms with van der Waals surface area (Å²) in [7, 11) is 1.14. The van der Waals surface area contributed by atoms with E-state index in [2.05, 4.69) is 12.2 Å². The molecule has 0 aliphatic carbocycles. The zero-order valence-electron chi connectivity index (χ0n) is 25.7. The molecular formula is C31H45N3O9. The maximum Gasteiger partial charge on any atom is 0.334 e. The molecule has 0 amide bonds. The molecule has 2 rings (SSSR count). The van der Waals surface area contributed by atoms with Gasteiger partial charge in [-0.25, -0.2) is 9.59 Å². The van der Waals surface area contributed by atoms with Gasteiger partial charge in [0, 0.05) is 22.5 Å². The highest BCUT2D eigenvalue weighted by molar-refractivity contribution is 5.99. The highest BCUT2D eigenvalue weighted by atomic mass is 16.6. The van der Waals surface area contributed by atoms with E-state index in [0.29, 0.717) is 6.42 Å². The summed E-state index contributed by atoms with van der Waals surface area (Å²) < 4.78 is 5.40. The first-order valence-electron chi connectivity index (χ1n) is 15.1. The summed E-state index contributed by atoms with van der Waals surface area (Å²) in [6, 6.07) is 0.815. The van der Waals surface area contributed by atoms with E-state index in [9.17, 15) is 40.0 Å². The van der Waals surface area contributed by atoms with Crippen molar-refractivity contribution in [1.82, 2.24) is 5.32 Å². The number of hydrogen-bond acceptors (Lipinski definition) is 8. The van der Waals surface area contributed by atoms with E-state index in [1.165, 1.54) is 58.8 Å². The van der Waals surface area contributed by atoms with Crippen molar-refractivity contribution in [2.45, 2.75) is 117 Å². The van der Waals surface area contributed by atoms with Gasteiger partial charge in [0.25, 0.3) is 5.69 Å². The number of nitrogens with one attached hydrogen (secondary N) is 1. The van der Waals surface area contributed by atoms with Crippen LogP contribution in [-0.2, 0) is 16.0 Å². The molecule has 12 nitrogen and oxygen atoms in total. The number of allylic oxidation sites excluding steroid dienone is 2. The first-order valence-corrected chi connectivity index (χ1v) is 15.1. The molecule has 238 valence electrons. The summed E-state index contributed by atoms with van der Waals surface area (Å²) >= 11 is 0. The number of benzene rings is 1. The molecule has 0 bridgehead atoms. The van der Waals surface area contributed by atoms with Crippen molar-refractivity contribution in [3.05, 3.63) is 60.0 Å². The summed E-state index contributed by atoms with van der Waals surface area (Å²) in [6.07, 6.45) is 14.3. The Kier molecular flexibility index (Phi) is 14.1. The number of unbranched alkanes of at least 4 members (excludes halogenated alkanes) is 12. The van der Waals surface area contributed by atoms with E-state index in [-0.39, 0.29) is 45.8 Å². The summed E-state index contributed by atoms with van der Waals surface area (Å²) in [6.45, 7) is 5.10. The number of nitro groups is 2. The maximum absolute atomic E-state index is 12.4. The minimum absolute atomic E-state index is 0.0422. The lowest BCUT2D eigenvalue weighted by Crippen LogP contribution is -2.32. The number of aliphatic carboxylic acids is 2. The second kappa shape index (κ2) is 17.2. The van der Waals surface area contributed by atoms with Crippen LogP contribution in [0.25, 0.3) is 0 Å². The van der Waals surface area contributed by atoms with Gasteiger partial charge in [0.2, 0.25) is 5.75 Å². The lowest BCUT2D eigenvalue weighted by atomic mass is 9.76. The van der Waals surface area contributed by atoms with Gasteiger partial charge < -0.3 is 20.3 Å². The molecule has 0 saturated carbocycles. The van der Waals surface area contributed by atoms with Gasteiger partial charge in [0.05, 0.1) is 40.1 Å². The SMILES string of the molecule is CCCCCCCCCCCCCCCc1c([N+](=O)[O-])cc([N+](=O)[O-])c(OC)c1C1C(C(=O)O)=C(C)NC(C)=C1C(=O)O. The van der Waals surface area contributed by atoms with Crippen LogP contribution in [0.15, 0.2) is 28.6 Å². The van der Waals surface area contributed by atoms with Crippen molar-refractivity contribution < 1.29 is 34.4 Å². The zero-order valence-corrected chi connectivity index (χ0v) is 25.7. The van der Waals surface area contributed by atoms with Crippen LogP contribution in [-0.4, -0.2) is 39.1 Å². The third-order valence-corrected chi connectivity index (χ3v) is 8.02. The first-order chi connectivity index (χ1) is 20.5. The Morgan fingerprint density at radius 3 is 1.58 bits per heavy atom. The highest BCUT2D eigenvalue weighted by Crippen LogP contribution is 2.49. The van der Waals surface area contributed by atoms with Crippen molar-refractivity contribution in [2.24, 2.45) is 0 Å². The molecule has 0 spiro atoms. The average Bonchev–Trinajstić information content (AvgIpc) is 2.93. The molecule has 1 aromatic carbocycles. The number of ether oxygens (including phenoxy) is 1. The van der Waals surface area contributed by atoms with Crippen LogP contribution in [0.2, 0.25) is 0 Å². The fourth-order valence-electron chi connectivity index (χ4n) is 5.95. The predicted octanol–water partition coefficient (Wildman–Crippen LogP) is 7.55. The van der Waals surface area contributed by atoms with E-state index < -0.39 is 39.1 Å². The molecule has 0 aromatic heterocycles. The second-order valence-corrected chi connectivity index (χ2v) is 11.1. The molecule has 1 heterocycles. The van der Waals surface area contributed by atoms with E-state index >= 15 is 0 Å². The van der Waals surface area contributed by atoms with E-state index in [0.717, 1.165) is 45.3 Å². The Hall–Kier alpha value is -3.96. The van der Waals surface area contributed by atoms with Crippen LogP contribution < -0.4 is 10.1 Å². The van der Waals surface area contributed by atoms with Crippen LogP contribution in [0, 0.1) is 20.2 Å².